The molecular weight excluding hydrogens is 522 g/mol. The van der Waals surface area contributed by atoms with Gasteiger partial charge in [-0.3, -0.25) is 19.4 Å². The molecule has 0 saturated heterocycles. The zero-order valence-corrected chi connectivity index (χ0v) is 19.5. The summed E-state index contributed by atoms with van der Waals surface area (Å²) in [5.41, 5.74) is -6.93. The summed E-state index contributed by atoms with van der Waals surface area (Å²) >= 11 is 5.99. The quantitative estimate of drug-likeness (QED) is 0.300. The fraction of sp³-hybridized carbons (Fsp3) is 0.364. The predicted molar refractivity (Wildman–Crippen MR) is 113 cm³/mol. The van der Waals surface area contributed by atoms with E-state index < -0.39 is 69.6 Å². The first-order valence-electron chi connectivity index (χ1n) is 10.2. The molecule has 1 N–H and O–H groups in total. The average Bonchev–Trinajstić information content (AvgIpc) is 2.79. The zero-order valence-electron chi connectivity index (χ0n) is 18.7. The first-order valence-corrected chi connectivity index (χ1v) is 10.6. The Morgan fingerprint density at radius 1 is 0.944 bits per heavy atom. The van der Waals surface area contributed by atoms with Gasteiger partial charge in [0.1, 0.15) is 0 Å². The maximum atomic E-state index is 13.3. The largest absolute Gasteiger partial charge is 0.465 e. The van der Waals surface area contributed by atoms with E-state index in [9.17, 15) is 40.7 Å². The van der Waals surface area contributed by atoms with E-state index in [1.165, 1.54) is 13.8 Å². The molecule has 1 aromatic heterocycles. The average molecular weight is 541 g/mol. The Bertz CT molecular complexity index is 1120. The van der Waals surface area contributed by atoms with Crippen molar-refractivity contribution in [3.05, 3.63) is 63.9 Å². The van der Waals surface area contributed by atoms with E-state index in [0.29, 0.717) is 18.3 Å². The highest BCUT2D eigenvalue weighted by Gasteiger charge is 2.54. The Morgan fingerprint density at radius 3 is 1.97 bits per heavy atom. The van der Waals surface area contributed by atoms with E-state index in [2.05, 4.69) is 4.98 Å². The second-order valence-electron chi connectivity index (χ2n) is 7.12. The standard InChI is InChI=1S/C22H19ClF6N2O5/c1-3-35-18(33)20(19(34)36-4-2,16-15(23)9-12(10-30-16)21(24,25)26)11-31-17(32)13-7-5-6-8-14(13)22(27,28)29/h5-10H,3-4,11H2,1-2H3,(H,31,32). The highest BCUT2D eigenvalue weighted by molar-refractivity contribution is 6.32. The summed E-state index contributed by atoms with van der Waals surface area (Å²) in [7, 11) is 0. The Balaban J connectivity index is 2.64. The second-order valence-corrected chi connectivity index (χ2v) is 7.53. The molecule has 0 radical (unpaired) electrons. The molecule has 0 aliphatic rings. The van der Waals surface area contributed by atoms with Crippen LogP contribution in [0.3, 0.4) is 0 Å². The minimum absolute atomic E-state index is 0.301. The van der Waals surface area contributed by atoms with Crippen LogP contribution in [0.5, 0.6) is 0 Å². The minimum atomic E-state index is -4.91. The summed E-state index contributed by atoms with van der Waals surface area (Å²) in [5.74, 6) is -4.15. The maximum absolute atomic E-state index is 13.3. The van der Waals surface area contributed by atoms with Crippen molar-refractivity contribution in [2.45, 2.75) is 31.6 Å². The third kappa shape index (κ3) is 6.07. The van der Waals surface area contributed by atoms with Crippen molar-refractivity contribution in [1.82, 2.24) is 10.3 Å². The van der Waals surface area contributed by atoms with Crippen molar-refractivity contribution < 1.29 is 50.2 Å². The molecule has 0 spiro atoms. The summed E-state index contributed by atoms with van der Waals surface area (Å²) < 4.78 is 89.1. The molecule has 196 valence electrons. The van der Waals surface area contributed by atoms with E-state index in [-0.39, 0.29) is 13.2 Å². The van der Waals surface area contributed by atoms with Crippen LogP contribution in [0.25, 0.3) is 0 Å². The number of halogens is 7. The third-order valence-corrected chi connectivity index (χ3v) is 5.10. The van der Waals surface area contributed by atoms with Crippen molar-refractivity contribution in [3.8, 4) is 0 Å². The van der Waals surface area contributed by atoms with Crippen molar-refractivity contribution in [2.75, 3.05) is 19.8 Å². The number of benzene rings is 1. The number of pyridine rings is 1. The van der Waals surface area contributed by atoms with Crippen molar-refractivity contribution in [1.29, 1.82) is 0 Å². The van der Waals surface area contributed by atoms with Gasteiger partial charge in [-0.1, -0.05) is 23.7 Å². The lowest BCUT2D eigenvalue weighted by atomic mass is 9.83. The van der Waals surface area contributed by atoms with Gasteiger partial charge in [-0.2, -0.15) is 26.3 Å². The molecule has 0 bridgehead atoms. The van der Waals surface area contributed by atoms with Crippen LogP contribution in [0.1, 0.15) is 41.0 Å². The molecular formula is C22H19ClF6N2O5. The molecule has 0 saturated carbocycles. The van der Waals surface area contributed by atoms with Gasteiger partial charge in [0.2, 0.25) is 5.41 Å². The fourth-order valence-corrected chi connectivity index (χ4v) is 3.48. The molecule has 0 atom stereocenters. The van der Waals surface area contributed by atoms with Crippen LogP contribution >= 0.6 is 11.6 Å². The van der Waals surface area contributed by atoms with Crippen LogP contribution in [0.15, 0.2) is 36.5 Å². The van der Waals surface area contributed by atoms with Gasteiger partial charge < -0.3 is 14.8 Å². The molecule has 0 aliphatic heterocycles. The summed E-state index contributed by atoms with van der Waals surface area (Å²) in [6, 6.07) is 4.11. The molecule has 2 rings (SSSR count). The number of carbonyl (C=O) groups excluding carboxylic acids is 3. The first kappa shape index (κ1) is 28.9. The number of amides is 1. The zero-order chi connectivity index (χ0) is 27.3. The van der Waals surface area contributed by atoms with Crippen LogP contribution in [-0.4, -0.2) is 42.6 Å². The Labute approximate surface area is 205 Å². The number of alkyl halides is 6. The monoisotopic (exact) mass is 540 g/mol. The lowest BCUT2D eigenvalue weighted by Crippen LogP contribution is -2.54. The third-order valence-electron chi connectivity index (χ3n) is 4.81. The molecule has 0 aliphatic carbocycles. The summed E-state index contributed by atoms with van der Waals surface area (Å²) in [4.78, 5) is 42.3. The molecule has 1 aromatic carbocycles. The Kier molecular flexibility index (Phi) is 8.94. The van der Waals surface area contributed by atoms with E-state index >= 15 is 0 Å². The lowest BCUT2D eigenvalue weighted by Gasteiger charge is -2.30. The smallest absolute Gasteiger partial charge is 0.417 e. The van der Waals surface area contributed by atoms with E-state index in [4.69, 9.17) is 21.1 Å². The van der Waals surface area contributed by atoms with Crippen LogP contribution in [0, 0.1) is 0 Å². The summed E-state index contributed by atoms with van der Waals surface area (Å²) in [6.45, 7) is 0.988. The molecule has 1 amide bonds. The van der Waals surface area contributed by atoms with Crippen LogP contribution in [0.2, 0.25) is 5.02 Å². The maximum Gasteiger partial charge on any atom is 0.417 e. The van der Waals surface area contributed by atoms with Crippen LogP contribution in [0.4, 0.5) is 26.3 Å². The fourth-order valence-electron chi connectivity index (χ4n) is 3.16. The van der Waals surface area contributed by atoms with Gasteiger partial charge in [-0.05, 0) is 32.0 Å². The normalized spacial score (nSPS) is 12.1. The van der Waals surface area contributed by atoms with E-state index in [0.717, 1.165) is 18.2 Å². The Morgan fingerprint density at radius 2 is 1.50 bits per heavy atom. The number of ether oxygens (including phenoxy) is 2. The molecule has 0 unspecified atom stereocenters. The molecule has 0 fully saturated rings. The van der Waals surface area contributed by atoms with Gasteiger partial charge in [0.15, 0.2) is 0 Å². The number of carbonyl (C=O) groups is 3. The van der Waals surface area contributed by atoms with Gasteiger partial charge >= 0.3 is 24.3 Å². The SMILES string of the molecule is CCOC(=O)C(CNC(=O)c1ccccc1C(F)(F)F)(C(=O)OCC)c1ncc(C(F)(F)F)cc1Cl. The molecule has 14 heteroatoms. The number of nitrogens with zero attached hydrogens (tertiary/aromatic N) is 1. The van der Waals surface area contributed by atoms with Crippen LogP contribution < -0.4 is 5.32 Å². The number of nitrogens with one attached hydrogen (secondary N) is 1. The molecule has 1 heterocycles. The summed E-state index contributed by atoms with van der Waals surface area (Å²) in [6.07, 6.45) is -9.48. The Hall–Kier alpha value is -3.35. The number of hydrogen-bond acceptors (Lipinski definition) is 6. The topological polar surface area (TPSA) is 94.6 Å². The van der Waals surface area contributed by atoms with Crippen molar-refractivity contribution in [2.24, 2.45) is 0 Å². The number of esters is 2. The van der Waals surface area contributed by atoms with Crippen LogP contribution in [-0.2, 0) is 36.8 Å². The van der Waals surface area contributed by atoms with Gasteiger partial charge in [0.05, 0.1) is 47.2 Å². The van der Waals surface area contributed by atoms with Gasteiger partial charge in [0.25, 0.3) is 5.91 Å². The molecule has 7 nitrogen and oxygen atoms in total. The van der Waals surface area contributed by atoms with Crippen molar-refractivity contribution in [3.63, 3.8) is 0 Å². The highest BCUT2D eigenvalue weighted by Crippen LogP contribution is 2.37. The second kappa shape index (κ2) is 11.1. The number of aromatic nitrogens is 1. The highest BCUT2D eigenvalue weighted by atomic mass is 35.5. The van der Waals surface area contributed by atoms with E-state index in [1.807, 2.05) is 5.32 Å². The molecule has 36 heavy (non-hydrogen) atoms. The lowest BCUT2D eigenvalue weighted by molar-refractivity contribution is -0.164. The minimum Gasteiger partial charge on any atom is -0.465 e. The van der Waals surface area contributed by atoms with E-state index in [1.54, 1.807) is 0 Å². The van der Waals surface area contributed by atoms with Crippen molar-refractivity contribution >= 4 is 29.4 Å². The van der Waals surface area contributed by atoms with Gasteiger partial charge in [-0.25, -0.2) is 0 Å². The van der Waals surface area contributed by atoms with Gasteiger partial charge in [-0.15, -0.1) is 0 Å². The number of hydrogen-bond donors (Lipinski definition) is 1. The number of rotatable bonds is 8. The predicted octanol–water partition coefficient (Wildman–Crippen LogP) is 4.57. The van der Waals surface area contributed by atoms with Gasteiger partial charge in [0, 0.05) is 6.20 Å². The summed E-state index contributed by atoms with van der Waals surface area (Å²) in [5, 5.41) is 1.24. The molecule has 2 aromatic rings. The first-order chi connectivity index (χ1) is 16.7.